The van der Waals surface area contributed by atoms with Crippen LogP contribution in [0.5, 0.6) is 0 Å². The average Bonchev–Trinajstić information content (AvgIpc) is 3.16. The zero-order chi connectivity index (χ0) is 17.8. The lowest BCUT2D eigenvalue weighted by Crippen LogP contribution is -2.33. The number of hydrogen-bond donors (Lipinski definition) is 1. The predicted molar refractivity (Wildman–Crippen MR) is 95.6 cm³/mol. The van der Waals surface area contributed by atoms with Gasteiger partial charge in [0, 0.05) is 24.2 Å². The SMILES string of the molecule is Cn1nc(C2CC2)cc1C(=O)N[C@@H]1CCCc2c1cnn2C(C)(C)C. The maximum Gasteiger partial charge on any atom is 0.270 e. The van der Waals surface area contributed by atoms with E-state index in [1.807, 2.05) is 19.3 Å². The number of carbonyl (C=O) groups excluding carboxylic acids is 1. The molecule has 2 aliphatic rings. The van der Waals surface area contributed by atoms with Gasteiger partial charge in [-0.1, -0.05) is 0 Å². The molecule has 1 amide bonds. The minimum absolute atomic E-state index is 0.0339. The number of carbonyl (C=O) groups is 1. The van der Waals surface area contributed by atoms with Crippen LogP contribution in [0.15, 0.2) is 12.3 Å². The Kier molecular flexibility index (Phi) is 3.74. The number of rotatable bonds is 3. The van der Waals surface area contributed by atoms with Crippen molar-refractivity contribution in [3.8, 4) is 0 Å². The second-order valence-corrected chi connectivity index (χ2v) is 8.40. The molecule has 0 saturated heterocycles. The summed E-state index contributed by atoms with van der Waals surface area (Å²) >= 11 is 0. The van der Waals surface area contributed by atoms with Gasteiger partial charge < -0.3 is 5.32 Å². The summed E-state index contributed by atoms with van der Waals surface area (Å²) in [5, 5.41) is 12.3. The molecule has 0 radical (unpaired) electrons. The number of amides is 1. The van der Waals surface area contributed by atoms with E-state index in [9.17, 15) is 4.79 Å². The molecule has 0 spiro atoms. The normalized spacial score (nSPS) is 20.4. The van der Waals surface area contributed by atoms with Crippen LogP contribution in [0.1, 0.15) is 85.9 Å². The van der Waals surface area contributed by atoms with Crippen LogP contribution in [-0.2, 0) is 19.0 Å². The third kappa shape index (κ3) is 2.98. The third-order valence-corrected chi connectivity index (χ3v) is 5.25. The van der Waals surface area contributed by atoms with E-state index < -0.39 is 0 Å². The second kappa shape index (κ2) is 5.71. The molecule has 0 unspecified atom stereocenters. The van der Waals surface area contributed by atoms with Gasteiger partial charge in [-0.2, -0.15) is 10.2 Å². The molecule has 1 atom stereocenters. The van der Waals surface area contributed by atoms with Crippen molar-refractivity contribution in [2.75, 3.05) is 0 Å². The van der Waals surface area contributed by atoms with Gasteiger partial charge in [-0.05, 0) is 58.9 Å². The summed E-state index contributed by atoms with van der Waals surface area (Å²) in [7, 11) is 1.85. The summed E-state index contributed by atoms with van der Waals surface area (Å²) < 4.78 is 3.82. The Morgan fingerprint density at radius 1 is 1.28 bits per heavy atom. The zero-order valence-electron chi connectivity index (χ0n) is 15.5. The Balaban J connectivity index is 1.56. The van der Waals surface area contributed by atoms with E-state index in [0.29, 0.717) is 11.6 Å². The van der Waals surface area contributed by atoms with Gasteiger partial charge in [0.2, 0.25) is 0 Å². The molecule has 6 heteroatoms. The summed E-state index contributed by atoms with van der Waals surface area (Å²) in [6.07, 6.45) is 7.37. The Hall–Kier alpha value is -2.11. The number of hydrogen-bond acceptors (Lipinski definition) is 3. The number of nitrogens with one attached hydrogen (secondary N) is 1. The standard InChI is InChI=1S/C19H27N5O/c1-19(2,3)24-16-7-5-6-14(13(16)11-20-24)21-18(25)17-10-15(12-8-9-12)22-23(17)4/h10-12,14H,5-9H2,1-4H3,(H,21,25)/t14-/m1/s1. The first-order chi connectivity index (χ1) is 11.8. The Morgan fingerprint density at radius 2 is 2.04 bits per heavy atom. The molecule has 0 aliphatic heterocycles. The summed E-state index contributed by atoms with van der Waals surface area (Å²) in [5.74, 6) is 0.516. The molecule has 2 aliphatic carbocycles. The molecule has 0 aromatic carbocycles. The highest BCUT2D eigenvalue weighted by Gasteiger charge is 2.31. The molecule has 1 saturated carbocycles. The van der Waals surface area contributed by atoms with Gasteiger partial charge in [0.15, 0.2) is 0 Å². The molecular formula is C19H27N5O. The van der Waals surface area contributed by atoms with Gasteiger partial charge in [-0.15, -0.1) is 0 Å². The van der Waals surface area contributed by atoms with Crippen LogP contribution in [0.25, 0.3) is 0 Å². The van der Waals surface area contributed by atoms with Crippen LogP contribution in [0, 0.1) is 0 Å². The fraction of sp³-hybridized carbons (Fsp3) is 0.632. The van der Waals surface area contributed by atoms with E-state index >= 15 is 0 Å². The molecule has 2 aromatic rings. The van der Waals surface area contributed by atoms with Crippen LogP contribution >= 0.6 is 0 Å². The maximum atomic E-state index is 12.8. The molecule has 2 heterocycles. The molecule has 0 bridgehead atoms. The first-order valence-corrected chi connectivity index (χ1v) is 9.26. The van der Waals surface area contributed by atoms with Crippen molar-refractivity contribution in [2.45, 2.75) is 70.4 Å². The van der Waals surface area contributed by atoms with E-state index in [1.165, 1.54) is 24.1 Å². The molecule has 6 nitrogen and oxygen atoms in total. The zero-order valence-corrected chi connectivity index (χ0v) is 15.5. The Bertz CT molecular complexity index is 806. The number of nitrogens with zero attached hydrogens (tertiary/aromatic N) is 4. The van der Waals surface area contributed by atoms with E-state index in [2.05, 4.69) is 41.0 Å². The smallest absolute Gasteiger partial charge is 0.270 e. The highest BCUT2D eigenvalue weighted by molar-refractivity contribution is 5.93. The first-order valence-electron chi connectivity index (χ1n) is 9.26. The lowest BCUT2D eigenvalue weighted by Gasteiger charge is -2.28. The van der Waals surface area contributed by atoms with Crippen molar-refractivity contribution < 1.29 is 4.79 Å². The molecule has 4 rings (SSSR count). The molecular weight excluding hydrogens is 314 g/mol. The van der Waals surface area contributed by atoms with Crippen molar-refractivity contribution in [1.82, 2.24) is 24.9 Å². The molecule has 1 N–H and O–H groups in total. The predicted octanol–water partition coefficient (Wildman–Crippen LogP) is 3.06. The fourth-order valence-corrected chi connectivity index (χ4v) is 3.80. The lowest BCUT2D eigenvalue weighted by molar-refractivity contribution is 0.0923. The first kappa shape index (κ1) is 16.4. The fourth-order valence-electron chi connectivity index (χ4n) is 3.80. The molecule has 2 aromatic heterocycles. The topological polar surface area (TPSA) is 64.7 Å². The van der Waals surface area contributed by atoms with Crippen LogP contribution < -0.4 is 5.32 Å². The highest BCUT2D eigenvalue weighted by Crippen LogP contribution is 2.39. The monoisotopic (exact) mass is 341 g/mol. The van der Waals surface area contributed by atoms with Crippen molar-refractivity contribution in [1.29, 1.82) is 0 Å². The van der Waals surface area contributed by atoms with Crippen LogP contribution in [-0.4, -0.2) is 25.5 Å². The van der Waals surface area contributed by atoms with Gasteiger partial charge in [0.25, 0.3) is 5.91 Å². The number of aryl methyl sites for hydroxylation is 1. The average molecular weight is 341 g/mol. The Morgan fingerprint density at radius 3 is 2.72 bits per heavy atom. The molecule has 1 fully saturated rings. The lowest BCUT2D eigenvalue weighted by atomic mass is 9.92. The van der Waals surface area contributed by atoms with Crippen LogP contribution in [0.2, 0.25) is 0 Å². The maximum absolute atomic E-state index is 12.8. The van der Waals surface area contributed by atoms with Gasteiger partial charge in [0.1, 0.15) is 5.69 Å². The van der Waals surface area contributed by atoms with E-state index in [4.69, 9.17) is 0 Å². The largest absolute Gasteiger partial charge is 0.344 e. The Labute approximate surface area is 148 Å². The van der Waals surface area contributed by atoms with Gasteiger partial charge in [0.05, 0.1) is 23.5 Å². The van der Waals surface area contributed by atoms with Crippen LogP contribution in [0.3, 0.4) is 0 Å². The van der Waals surface area contributed by atoms with Gasteiger partial charge in [-0.3, -0.25) is 14.2 Å². The minimum Gasteiger partial charge on any atom is -0.344 e. The van der Waals surface area contributed by atoms with Crippen LogP contribution in [0.4, 0.5) is 0 Å². The van der Waals surface area contributed by atoms with Gasteiger partial charge >= 0.3 is 0 Å². The summed E-state index contributed by atoms with van der Waals surface area (Å²) in [6.45, 7) is 6.49. The van der Waals surface area contributed by atoms with E-state index in [1.54, 1.807) is 4.68 Å². The second-order valence-electron chi connectivity index (χ2n) is 8.40. The summed E-state index contributed by atoms with van der Waals surface area (Å²) in [4.78, 5) is 12.8. The highest BCUT2D eigenvalue weighted by atomic mass is 16.2. The molecule has 25 heavy (non-hydrogen) atoms. The van der Waals surface area contributed by atoms with Crippen molar-refractivity contribution >= 4 is 5.91 Å². The quantitative estimate of drug-likeness (QED) is 0.933. The summed E-state index contributed by atoms with van der Waals surface area (Å²) in [5.41, 5.74) is 4.09. The van der Waals surface area contributed by atoms with Crippen molar-refractivity contribution in [3.63, 3.8) is 0 Å². The minimum atomic E-state index is -0.0410. The molecule has 134 valence electrons. The number of aromatic nitrogens is 4. The summed E-state index contributed by atoms with van der Waals surface area (Å²) in [6, 6.07) is 1.99. The van der Waals surface area contributed by atoms with Crippen molar-refractivity contribution in [2.24, 2.45) is 7.05 Å². The van der Waals surface area contributed by atoms with Crippen molar-refractivity contribution in [3.05, 3.63) is 34.9 Å². The van der Waals surface area contributed by atoms with E-state index in [-0.39, 0.29) is 17.5 Å². The number of fused-ring (bicyclic) bond motifs is 1. The third-order valence-electron chi connectivity index (χ3n) is 5.25. The van der Waals surface area contributed by atoms with E-state index in [0.717, 1.165) is 25.0 Å². The van der Waals surface area contributed by atoms with Gasteiger partial charge in [-0.25, -0.2) is 0 Å².